The average Bonchev–Trinajstić information content (AvgIpc) is 2.72. The third-order valence-electron chi connectivity index (χ3n) is 4.79. The second-order valence-electron chi connectivity index (χ2n) is 10.2. The molecule has 0 spiro atoms. The predicted octanol–water partition coefficient (Wildman–Crippen LogP) is 5.30. The number of benzene rings is 1. The van der Waals surface area contributed by atoms with Gasteiger partial charge in [0, 0.05) is 26.2 Å². The van der Waals surface area contributed by atoms with E-state index in [0.717, 1.165) is 39.0 Å². The summed E-state index contributed by atoms with van der Waals surface area (Å²) in [5, 5.41) is 0. The van der Waals surface area contributed by atoms with Gasteiger partial charge in [0.1, 0.15) is 5.60 Å². The van der Waals surface area contributed by atoms with Crippen molar-refractivity contribution in [2.45, 2.75) is 84.7 Å². The van der Waals surface area contributed by atoms with Crippen molar-refractivity contribution in [3.63, 3.8) is 0 Å². The first-order chi connectivity index (χ1) is 14.9. The van der Waals surface area contributed by atoms with Crippen molar-refractivity contribution in [1.29, 1.82) is 0 Å². The smallest absolute Gasteiger partial charge is 0.410 e. The molecule has 6 nitrogen and oxygen atoms in total. The highest BCUT2D eigenvalue weighted by molar-refractivity contribution is 7.84. The van der Waals surface area contributed by atoms with Crippen molar-refractivity contribution in [2.75, 3.05) is 26.2 Å². The number of hydrogen-bond donors (Lipinski definition) is 1. The van der Waals surface area contributed by atoms with Crippen LogP contribution in [0.25, 0.3) is 0 Å². The number of nitrogens with zero attached hydrogens (tertiary/aromatic N) is 1. The summed E-state index contributed by atoms with van der Waals surface area (Å²) in [6.07, 6.45) is 2.71. The number of piperidine rings is 1. The van der Waals surface area contributed by atoms with E-state index >= 15 is 0 Å². The lowest BCUT2D eigenvalue weighted by Gasteiger charge is -2.33. The Morgan fingerprint density at radius 3 is 2.19 bits per heavy atom. The lowest BCUT2D eigenvalue weighted by molar-refractivity contribution is 0.0185. The van der Waals surface area contributed by atoms with E-state index in [4.69, 9.17) is 9.47 Å². The van der Waals surface area contributed by atoms with Crippen LogP contribution in [-0.4, -0.2) is 51.8 Å². The van der Waals surface area contributed by atoms with E-state index in [1.807, 2.05) is 59.7 Å². The summed E-state index contributed by atoms with van der Waals surface area (Å²) >= 11 is 0. The molecule has 1 N–H and O–H groups in total. The van der Waals surface area contributed by atoms with Crippen molar-refractivity contribution in [1.82, 2.24) is 9.62 Å². The quantitative estimate of drug-likeness (QED) is 0.552. The van der Waals surface area contributed by atoms with Crippen LogP contribution in [0.5, 0.6) is 0 Å². The molecule has 0 radical (unpaired) electrons. The van der Waals surface area contributed by atoms with Gasteiger partial charge in [0.2, 0.25) is 0 Å². The van der Waals surface area contributed by atoms with Crippen LogP contribution < -0.4 is 4.72 Å². The molecule has 1 amide bonds. The molecule has 0 bridgehead atoms. The monoisotopic (exact) mass is 468 g/mol. The fourth-order valence-electron chi connectivity index (χ4n) is 2.96. The molecule has 0 aliphatic carbocycles. The van der Waals surface area contributed by atoms with Gasteiger partial charge in [0.05, 0.1) is 22.3 Å². The van der Waals surface area contributed by atoms with Crippen LogP contribution in [0.1, 0.15) is 73.3 Å². The van der Waals surface area contributed by atoms with Gasteiger partial charge in [-0.2, -0.15) is 0 Å². The zero-order chi connectivity index (χ0) is 24.2. The molecule has 7 heteroatoms. The van der Waals surface area contributed by atoms with Crippen LogP contribution >= 0.6 is 0 Å². The Labute approximate surface area is 198 Å². The molecular formula is C25H44N2O4S. The fraction of sp³-hybridized carbons (Fsp3) is 0.720. The van der Waals surface area contributed by atoms with Crippen LogP contribution in [0.15, 0.2) is 30.3 Å². The van der Waals surface area contributed by atoms with Gasteiger partial charge in [-0.3, -0.25) is 0 Å². The Balaban J connectivity index is 0.000000389. The SMILES string of the molecule is CC(C)(C)OC(=O)N1CCC(CNS(=O)C(C)(C)C)CC1.CCCOCc1ccccc1. The van der Waals surface area contributed by atoms with Crippen LogP contribution in [0.3, 0.4) is 0 Å². The summed E-state index contributed by atoms with van der Waals surface area (Å²) in [4.78, 5) is 13.7. The first-order valence-corrected chi connectivity index (χ1v) is 12.8. The second-order valence-corrected chi connectivity index (χ2v) is 12.2. The number of nitrogens with one attached hydrogen (secondary N) is 1. The van der Waals surface area contributed by atoms with Crippen LogP contribution in [-0.2, 0) is 27.1 Å². The maximum Gasteiger partial charge on any atom is 0.410 e. The fourth-order valence-corrected chi connectivity index (χ4v) is 3.78. The Bertz CT molecular complexity index is 675. The molecule has 1 fully saturated rings. The second kappa shape index (κ2) is 14.0. The number of ether oxygens (including phenoxy) is 2. The Kier molecular flexibility index (Phi) is 12.5. The summed E-state index contributed by atoms with van der Waals surface area (Å²) in [7, 11) is -1.03. The zero-order valence-electron chi connectivity index (χ0n) is 21.1. The van der Waals surface area contributed by atoms with E-state index in [1.54, 1.807) is 4.90 Å². The molecule has 2 rings (SSSR count). The van der Waals surface area contributed by atoms with Gasteiger partial charge in [-0.1, -0.05) is 37.3 Å². The van der Waals surface area contributed by atoms with Gasteiger partial charge in [-0.25, -0.2) is 13.7 Å². The van der Waals surface area contributed by atoms with Crippen molar-refractivity contribution >= 4 is 17.1 Å². The molecule has 1 unspecified atom stereocenters. The predicted molar refractivity (Wildman–Crippen MR) is 133 cm³/mol. The van der Waals surface area contributed by atoms with Crippen LogP contribution in [0, 0.1) is 5.92 Å². The Hall–Kier alpha value is -1.44. The minimum atomic E-state index is -1.03. The minimum absolute atomic E-state index is 0.229. The minimum Gasteiger partial charge on any atom is -0.444 e. The molecule has 1 aliphatic rings. The first-order valence-electron chi connectivity index (χ1n) is 11.7. The number of carbonyl (C=O) groups is 1. The molecular weight excluding hydrogens is 424 g/mol. The number of likely N-dealkylation sites (tertiary alicyclic amines) is 1. The van der Waals surface area contributed by atoms with Crippen molar-refractivity contribution in [3.8, 4) is 0 Å². The van der Waals surface area contributed by atoms with E-state index < -0.39 is 16.6 Å². The summed E-state index contributed by atoms with van der Waals surface area (Å²) in [5.41, 5.74) is 0.806. The molecule has 1 aromatic carbocycles. The highest BCUT2D eigenvalue weighted by Gasteiger charge is 2.27. The van der Waals surface area contributed by atoms with Gasteiger partial charge in [-0.15, -0.1) is 0 Å². The Morgan fingerprint density at radius 2 is 1.69 bits per heavy atom. The Morgan fingerprint density at radius 1 is 1.09 bits per heavy atom. The topological polar surface area (TPSA) is 67.9 Å². The van der Waals surface area contributed by atoms with E-state index in [1.165, 1.54) is 5.56 Å². The maximum absolute atomic E-state index is 12.0. The van der Waals surface area contributed by atoms with Gasteiger partial charge in [-0.05, 0) is 72.3 Å². The summed E-state index contributed by atoms with van der Waals surface area (Å²) in [5.74, 6) is 0.468. The molecule has 1 aliphatic heterocycles. The summed E-state index contributed by atoms with van der Waals surface area (Å²) < 4.78 is 25.6. The molecule has 0 saturated carbocycles. The highest BCUT2D eigenvalue weighted by atomic mass is 32.2. The van der Waals surface area contributed by atoms with E-state index in [-0.39, 0.29) is 10.8 Å². The van der Waals surface area contributed by atoms with Crippen molar-refractivity contribution < 1.29 is 18.5 Å². The summed E-state index contributed by atoms with van der Waals surface area (Å²) in [6.45, 7) is 17.4. The third kappa shape index (κ3) is 12.6. The molecule has 184 valence electrons. The van der Waals surface area contributed by atoms with Gasteiger partial charge in [0.25, 0.3) is 0 Å². The lowest BCUT2D eigenvalue weighted by atomic mass is 9.97. The zero-order valence-corrected chi connectivity index (χ0v) is 21.9. The average molecular weight is 469 g/mol. The molecule has 32 heavy (non-hydrogen) atoms. The van der Waals surface area contributed by atoms with Crippen LogP contribution in [0.4, 0.5) is 4.79 Å². The third-order valence-corrected chi connectivity index (χ3v) is 6.33. The number of carbonyl (C=O) groups excluding carboxylic acids is 1. The van der Waals surface area contributed by atoms with Crippen LogP contribution in [0.2, 0.25) is 0 Å². The lowest BCUT2D eigenvalue weighted by Crippen LogP contribution is -2.44. The van der Waals surface area contributed by atoms with Gasteiger partial charge >= 0.3 is 6.09 Å². The number of hydrogen-bond acceptors (Lipinski definition) is 4. The molecule has 1 aromatic rings. The van der Waals surface area contributed by atoms with Crippen molar-refractivity contribution in [3.05, 3.63) is 35.9 Å². The normalized spacial score (nSPS) is 16.2. The molecule has 0 aromatic heterocycles. The molecule has 1 atom stereocenters. The van der Waals surface area contributed by atoms with Gasteiger partial charge < -0.3 is 14.4 Å². The highest BCUT2D eigenvalue weighted by Crippen LogP contribution is 2.20. The van der Waals surface area contributed by atoms with E-state index in [0.29, 0.717) is 19.0 Å². The van der Waals surface area contributed by atoms with E-state index in [2.05, 4.69) is 23.8 Å². The maximum atomic E-state index is 12.0. The van der Waals surface area contributed by atoms with E-state index in [9.17, 15) is 9.00 Å². The number of rotatable bonds is 7. The largest absolute Gasteiger partial charge is 0.444 e. The van der Waals surface area contributed by atoms with Crippen molar-refractivity contribution in [2.24, 2.45) is 5.92 Å². The standard InChI is InChI=1S/C15H30N2O3S.C10H14O/c1-14(2,3)20-13(18)17-9-7-12(8-10-17)11-16-21(19)15(4,5)6;1-2-8-11-9-10-6-4-3-5-7-10/h12,16H,7-11H2,1-6H3;3-7H,2,8-9H2,1H3. The summed E-state index contributed by atoms with van der Waals surface area (Å²) in [6, 6.07) is 10.2. The molecule has 1 saturated heterocycles. The molecule has 1 heterocycles. The number of amides is 1. The first kappa shape index (κ1) is 28.6. The van der Waals surface area contributed by atoms with Gasteiger partial charge in [0.15, 0.2) is 0 Å².